The molecule has 15 heavy (non-hydrogen) atoms. The summed E-state index contributed by atoms with van der Waals surface area (Å²) in [5, 5.41) is 4.54. The molecular weight excluding hydrogens is 198 g/mol. The number of urea groups is 1. The van der Waals surface area contributed by atoms with Crippen molar-refractivity contribution in [3.05, 3.63) is 24.3 Å². The molecule has 0 bridgehead atoms. The first-order valence-corrected chi connectivity index (χ1v) is 4.31. The summed E-state index contributed by atoms with van der Waals surface area (Å²) in [6.45, 7) is -0.0878. The summed E-state index contributed by atoms with van der Waals surface area (Å²) in [6.07, 6.45) is 5.99. The lowest BCUT2D eigenvalue weighted by molar-refractivity contribution is -0.129. The number of rotatable bonds is 3. The van der Waals surface area contributed by atoms with E-state index in [4.69, 9.17) is 5.73 Å². The monoisotopic (exact) mass is 209 g/mol. The molecule has 0 saturated carbocycles. The molecule has 0 aromatic rings. The topological polar surface area (TPSA) is 101 Å². The minimum atomic E-state index is -0.815. The fourth-order valence-corrected chi connectivity index (χ4v) is 1.07. The number of carbonyl (C=O) groups excluding carboxylic acids is 3. The summed E-state index contributed by atoms with van der Waals surface area (Å²) < 4.78 is 0. The van der Waals surface area contributed by atoms with Crippen molar-refractivity contribution in [2.24, 2.45) is 11.7 Å². The number of ketones is 1. The smallest absolute Gasteiger partial charge is 0.313 e. The van der Waals surface area contributed by atoms with Gasteiger partial charge >= 0.3 is 6.03 Å². The summed E-state index contributed by atoms with van der Waals surface area (Å²) in [4.78, 5) is 32.9. The van der Waals surface area contributed by atoms with Gasteiger partial charge in [0.05, 0.1) is 6.67 Å². The van der Waals surface area contributed by atoms with Gasteiger partial charge in [-0.1, -0.05) is 18.2 Å². The van der Waals surface area contributed by atoms with Crippen LogP contribution in [0.25, 0.3) is 0 Å². The van der Waals surface area contributed by atoms with Gasteiger partial charge in [0, 0.05) is 0 Å². The zero-order chi connectivity index (χ0) is 11.3. The van der Waals surface area contributed by atoms with Crippen LogP contribution in [0.15, 0.2) is 24.3 Å². The first-order valence-electron chi connectivity index (χ1n) is 4.31. The van der Waals surface area contributed by atoms with Gasteiger partial charge in [-0.15, -0.1) is 0 Å². The Morgan fingerprint density at radius 1 is 1.33 bits per heavy atom. The van der Waals surface area contributed by atoms with Crippen molar-refractivity contribution in [3.8, 4) is 0 Å². The number of hydrogen-bond acceptors (Lipinski definition) is 3. The number of nitrogens with one attached hydrogen (secondary N) is 2. The third-order valence-corrected chi connectivity index (χ3v) is 1.79. The molecule has 0 spiro atoms. The molecule has 1 aliphatic rings. The predicted octanol–water partition coefficient (Wildman–Crippen LogP) is -0.960. The highest BCUT2D eigenvalue weighted by molar-refractivity contribution is 6.09. The van der Waals surface area contributed by atoms with E-state index in [0.29, 0.717) is 0 Å². The third-order valence-electron chi connectivity index (χ3n) is 1.79. The molecule has 1 atom stereocenters. The van der Waals surface area contributed by atoms with E-state index in [2.05, 4.69) is 10.6 Å². The molecule has 1 rings (SSSR count). The molecule has 4 N–H and O–H groups in total. The van der Waals surface area contributed by atoms with Gasteiger partial charge in [-0.05, 0) is 6.08 Å². The van der Waals surface area contributed by atoms with E-state index in [0.717, 1.165) is 0 Å². The van der Waals surface area contributed by atoms with Crippen molar-refractivity contribution in [1.29, 1.82) is 0 Å². The van der Waals surface area contributed by atoms with E-state index < -0.39 is 17.9 Å². The average molecular weight is 209 g/mol. The Bertz CT molecular complexity index is 347. The molecule has 80 valence electrons. The number of amides is 3. The van der Waals surface area contributed by atoms with E-state index in [1.165, 1.54) is 12.2 Å². The van der Waals surface area contributed by atoms with Crippen molar-refractivity contribution in [2.45, 2.75) is 0 Å². The van der Waals surface area contributed by atoms with Gasteiger partial charge < -0.3 is 16.4 Å². The lowest BCUT2D eigenvalue weighted by Crippen LogP contribution is -2.43. The van der Waals surface area contributed by atoms with Gasteiger partial charge in [0.2, 0.25) is 5.91 Å². The standard InChI is InChI=1S/C9H11N3O3/c10-9(15)12-5-11-8(14)6-3-1-2-4-7(6)13/h1-4,6H,5H2,(H,11,14)(H3,10,12,15). The van der Waals surface area contributed by atoms with Gasteiger partial charge in [0.15, 0.2) is 5.78 Å². The normalized spacial score (nSPS) is 18.7. The lowest BCUT2D eigenvalue weighted by atomic mass is 9.99. The molecule has 0 aromatic carbocycles. The Morgan fingerprint density at radius 3 is 2.67 bits per heavy atom. The fraction of sp³-hybridized carbons (Fsp3) is 0.222. The highest BCUT2D eigenvalue weighted by Gasteiger charge is 2.22. The minimum absolute atomic E-state index is 0.0878. The van der Waals surface area contributed by atoms with Crippen LogP contribution < -0.4 is 16.4 Å². The summed E-state index contributed by atoms with van der Waals surface area (Å²) in [5.74, 6) is -1.56. The summed E-state index contributed by atoms with van der Waals surface area (Å²) >= 11 is 0. The molecule has 0 fully saturated rings. The van der Waals surface area contributed by atoms with Crippen LogP contribution >= 0.6 is 0 Å². The largest absolute Gasteiger partial charge is 0.352 e. The van der Waals surface area contributed by atoms with E-state index in [1.54, 1.807) is 12.2 Å². The highest BCUT2D eigenvalue weighted by Crippen LogP contribution is 2.07. The number of nitrogens with two attached hydrogens (primary N) is 1. The molecule has 6 heteroatoms. The number of primary amides is 1. The highest BCUT2D eigenvalue weighted by atomic mass is 16.2. The Balaban J connectivity index is 2.40. The predicted molar refractivity (Wildman–Crippen MR) is 52.5 cm³/mol. The third kappa shape index (κ3) is 3.26. The summed E-state index contributed by atoms with van der Waals surface area (Å²) in [5.41, 5.74) is 4.79. The maximum absolute atomic E-state index is 11.4. The van der Waals surface area contributed by atoms with Crippen LogP contribution in [-0.4, -0.2) is 24.4 Å². The van der Waals surface area contributed by atoms with Crippen LogP contribution in [0, 0.1) is 5.92 Å². The van der Waals surface area contributed by atoms with Gasteiger partial charge in [0.25, 0.3) is 0 Å². The first kappa shape index (κ1) is 11.0. The summed E-state index contributed by atoms with van der Waals surface area (Å²) in [7, 11) is 0. The van der Waals surface area contributed by atoms with Crippen LogP contribution in [0.4, 0.5) is 4.79 Å². The van der Waals surface area contributed by atoms with Crippen molar-refractivity contribution in [1.82, 2.24) is 10.6 Å². The van der Waals surface area contributed by atoms with Crippen LogP contribution in [-0.2, 0) is 9.59 Å². The van der Waals surface area contributed by atoms with Crippen molar-refractivity contribution in [3.63, 3.8) is 0 Å². The van der Waals surface area contributed by atoms with Gasteiger partial charge in [0.1, 0.15) is 5.92 Å². The Labute approximate surface area is 86.2 Å². The first-order chi connectivity index (χ1) is 7.11. The Kier molecular flexibility index (Phi) is 3.61. The van der Waals surface area contributed by atoms with Crippen LogP contribution in [0.1, 0.15) is 0 Å². The molecule has 1 aliphatic carbocycles. The van der Waals surface area contributed by atoms with Gasteiger partial charge in [-0.25, -0.2) is 4.79 Å². The van der Waals surface area contributed by atoms with Crippen molar-refractivity contribution in [2.75, 3.05) is 6.67 Å². The van der Waals surface area contributed by atoms with Crippen molar-refractivity contribution < 1.29 is 14.4 Å². The fourth-order valence-electron chi connectivity index (χ4n) is 1.07. The second kappa shape index (κ2) is 4.94. The summed E-state index contributed by atoms with van der Waals surface area (Å²) in [6, 6.07) is -0.735. The molecule has 0 aromatic heterocycles. The SMILES string of the molecule is NC(=O)NCNC(=O)C1C=CC=CC1=O. The number of hydrogen-bond donors (Lipinski definition) is 3. The Morgan fingerprint density at radius 2 is 2.07 bits per heavy atom. The molecule has 6 nitrogen and oxygen atoms in total. The van der Waals surface area contributed by atoms with E-state index in [9.17, 15) is 14.4 Å². The molecular formula is C9H11N3O3. The Hall–Kier alpha value is -2.11. The zero-order valence-electron chi connectivity index (χ0n) is 7.90. The van der Waals surface area contributed by atoms with Crippen LogP contribution in [0.2, 0.25) is 0 Å². The molecule has 0 saturated heterocycles. The van der Waals surface area contributed by atoms with E-state index in [-0.39, 0.29) is 12.5 Å². The second-order valence-corrected chi connectivity index (χ2v) is 2.88. The van der Waals surface area contributed by atoms with Crippen LogP contribution in [0.5, 0.6) is 0 Å². The second-order valence-electron chi connectivity index (χ2n) is 2.88. The maximum Gasteiger partial charge on any atom is 0.313 e. The minimum Gasteiger partial charge on any atom is -0.352 e. The average Bonchev–Trinajstić information content (AvgIpc) is 2.17. The van der Waals surface area contributed by atoms with Gasteiger partial charge in [-0.3, -0.25) is 9.59 Å². The molecule has 0 radical (unpaired) electrons. The van der Waals surface area contributed by atoms with E-state index in [1.807, 2.05) is 0 Å². The maximum atomic E-state index is 11.4. The molecule has 1 unspecified atom stereocenters. The molecule has 0 heterocycles. The van der Waals surface area contributed by atoms with E-state index >= 15 is 0 Å². The zero-order valence-corrected chi connectivity index (χ0v) is 7.90. The molecule has 0 aliphatic heterocycles. The van der Waals surface area contributed by atoms with Crippen molar-refractivity contribution >= 4 is 17.7 Å². The number of carbonyl (C=O) groups is 3. The molecule has 3 amide bonds. The number of allylic oxidation sites excluding steroid dienone is 3. The quantitative estimate of drug-likeness (QED) is 0.412. The van der Waals surface area contributed by atoms with Crippen LogP contribution in [0.3, 0.4) is 0 Å². The lowest BCUT2D eigenvalue weighted by Gasteiger charge is -2.12. The van der Waals surface area contributed by atoms with Gasteiger partial charge in [-0.2, -0.15) is 0 Å².